The monoisotopic (exact) mass is 373 g/mol. The molecule has 2 aromatic carbocycles. The molecule has 1 fully saturated rings. The van der Waals surface area contributed by atoms with E-state index in [2.05, 4.69) is 88.5 Å². The van der Waals surface area contributed by atoms with Crippen molar-refractivity contribution in [3.63, 3.8) is 0 Å². The van der Waals surface area contributed by atoms with E-state index in [1.54, 1.807) is 0 Å². The van der Waals surface area contributed by atoms with Crippen molar-refractivity contribution in [2.45, 2.75) is 20.8 Å². The third-order valence-corrected chi connectivity index (χ3v) is 5.42. The molecule has 0 radical (unpaired) electrons. The highest BCUT2D eigenvalue weighted by Crippen LogP contribution is 2.24. The number of hydrogen-bond donors (Lipinski definition) is 1. The maximum atomic E-state index is 4.81. The topological polar surface area (TPSA) is 44.3 Å². The van der Waals surface area contributed by atoms with Crippen LogP contribution in [0.4, 0.5) is 23.1 Å². The van der Waals surface area contributed by atoms with E-state index >= 15 is 0 Å². The van der Waals surface area contributed by atoms with Gasteiger partial charge in [-0.1, -0.05) is 30.3 Å². The van der Waals surface area contributed by atoms with Gasteiger partial charge in [0.05, 0.1) is 0 Å². The summed E-state index contributed by atoms with van der Waals surface area (Å²) < 4.78 is 0. The molecule has 4 rings (SSSR count). The van der Waals surface area contributed by atoms with Crippen molar-refractivity contribution in [2.24, 2.45) is 0 Å². The normalized spacial score (nSPS) is 14.2. The maximum Gasteiger partial charge on any atom is 0.229 e. The van der Waals surface area contributed by atoms with Crippen LogP contribution in [0.25, 0.3) is 0 Å². The molecular weight excluding hydrogens is 346 g/mol. The number of anilines is 4. The van der Waals surface area contributed by atoms with Gasteiger partial charge in [-0.3, -0.25) is 0 Å². The van der Waals surface area contributed by atoms with Crippen molar-refractivity contribution < 1.29 is 0 Å². The molecule has 5 heteroatoms. The number of piperazine rings is 1. The van der Waals surface area contributed by atoms with E-state index in [-0.39, 0.29) is 0 Å². The van der Waals surface area contributed by atoms with Crippen molar-refractivity contribution in [3.05, 3.63) is 71.4 Å². The lowest BCUT2D eigenvalue weighted by atomic mass is 10.1. The van der Waals surface area contributed by atoms with Gasteiger partial charge in [-0.05, 0) is 50.1 Å². The molecule has 0 spiro atoms. The third kappa shape index (κ3) is 3.93. The number of aromatic nitrogens is 2. The van der Waals surface area contributed by atoms with Crippen molar-refractivity contribution in [3.8, 4) is 0 Å². The highest BCUT2D eigenvalue weighted by Gasteiger charge is 2.19. The van der Waals surface area contributed by atoms with Crippen LogP contribution >= 0.6 is 0 Å². The lowest BCUT2D eigenvalue weighted by Gasteiger charge is -2.36. The van der Waals surface area contributed by atoms with Crippen molar-refractivity contribution in [1.82, 2.24) is 9.97 Å². The molecule has 0 aliphatic carbocycles. The Bertz CT molecular complexity index is 946. The summed E-state index contributed by atoms with van der Waals surface area (Å²) in [5.41, 5.74) is 5.81. The Labute approximate surface area is 167 Å². The first-order chi connectivity index (χ1) is 13.6. The Kier molecular flexibility index (Phi) is 5.15. The van der Waals surface area contributed by atoms with Crippen molar-refractivity contribution in [2.75, 3.05) is 41.3 Å². The summed E-state index contributed by atoms with van der Waals surface area (Å²) >= 11 is 0. The summed E-state index contributed by atoms with van der Waals surface area (Å²) in [6.45, 7) is 10.2. The smallest absolute Gasteiger partial charge is 0.229 e. The number of benzene rings is 2. The van der Waals surface area contributed by atoms with E-state index in [0.717, 1.165) is 43.4 Å². The summed E-state index contributed by atoms with van der Waals surface area (Å²) in [6, 6.07) is 18.9. The molecule has 0 atom stereocenters. The molecule has 1 aliphatic rings. The van der Waals surface area contributed by atoms with Gasteiger partial charge in [-0.25, -0.2) is 4.98 Å². The van der Waals surface area contributed by atoms with Crippen LogP contribution in [-0.4, -0.2) is 36.1 Å². The predicted octanol–water partition coefficient (Wildman–Crippen LogP) is 4.47. The molecule has 1 aliphatic heterocycles. The lowest BCUT2D eigenvalue weighted by molar-refractivity contribution is 0.647. The van der Waals surface area contributed by atoms with Crippen LogP contribution in [0.3, 0.4) is 0 Å². The first-order valence-corrected chi connectivity index (χ1v) is 9.84. The van der Waals surface area contributed by atoms with Crippen LogP contribution in [0.1, 0.15) is 16.8 Å². The number of nitrogens with one attached hydrogen (secondary N) is 1. The average Bonchev–Trinajstić information content (AvgIpc) is 2.72. The van der Waals surface area contributed by atoms with Crippen LogP contribution in [0.2, 0.25) is 0 Å². The number of nitrogens with zero attached hydrogens (tertiary/aromatic N) is 4. The molecule has 0 unspecified atom stereocenters. The molecule has 3 aromatic rings. The standard InChI is InChI=1S/C23H27N5/c1-17-8-7-11-21(19(17)3)25-23-24-18(2)16-22(26-23)28-14-12-27(13-15-28)20-9-5-4-6-10-20/h4-11,16H,12-15H2,1-3H3,(H,24,25,26). The summed E-state index contributed by atoms with van der Waals surface area (Å²) in [4.78, 5) is 14.2. The van der Waals surface area contributed by atoms with Gasteiger partial charge in [-0.15, -0.1) is 0 Å². The maximum absolute atomic E-state index is 4.81. The van der Waals surface area contributed by atoms with E-state index in [1.165, 1.54) is 16.8 Å². The summed E-state index contributed by atoms with van der Waals surface area (Å²) in [7, 11) is 0. The van der Waals surface area contributed by atoms with Gasteiger partial charge in [0.15, 0.2) is 0 Å². The number of aryl methyl sites for hydroxylation is 2. The molecule has 144 valence electrons. The van der Waals surface area contributed by atoms with Gasteiger partial charge in [0.1, 0.15) is 5.82 Å². The molecule has 1 N–H and O–H groups in total. The second-order valence-corrected chi connectivity index (χ2v) is 7.37. The first-order valence-electron chi connectivity index (χ1n) is 9.84. The minimum atomic E-state index is 0.661. The zero-order chi connectivity index (χ0) is 19.5. The largest absolute Gasteiger partial charge is 0.368 e. The third-order valence-electron chi connectivity index (χ3n) is 5.42. The molecule has 0 bridgehead atoms. The molecule has 5 nitrogen and oxygen atoms in total. The Hall–Kier alpha value is -3.08. The van der Waals surface area contributed by atoms with Crippen LogP contribution in [0, 0.1) is 20.8 Å². The van der Waals surface area contributed by atoms with E-state index in [0.29, 0.717) is 5.95 Å². The van der Waals surface area contributed by atoms with Gasteiger partial charge < -0.3 is 15.1 Å². The SMILES string of the molecule is Cc1cc(N2CCN(c3ccccc3)CC2)nc(Nc2cccc(C)c2C)n1. The summed E-state index contributed by atoms with van der Waals surface area (Å²) in [6.07, 6.45) is 0. The summed E-state index contributed by atoms with van der Waals surface area (Å²) in [5, 5.41) is 3.41. The fraction of sp³-hybridized carbons (Fsp3) is 0.304. The first kappa shape index (κ1) is 18.3. The second kappa shape index (κ2) is 7.89. The zero-order valence-corrected chi connectivity index (χ0v) is 16.8. The van der Waals surface area contributed by atoms with Crippen LogP contribution in [-0.2, 0) is 0 Å². The van der Waals surface area contributed by atoms with Crippen molar-refractivity contribution in [1.29, 1.82) is 0 Å². The van der Waals surface area contributed by atoms with E-state index in [4.69, 9.17) is 4.98 Å². The van der Waals surface area contributed by atoms with Crippen molar-refractivity contribution >= 4 is 23.1 Å². The molecule has 0 saturated carbocycles. The molecule has 28 heavy (non-hydrogen) atoms. The van der Waals surface area contributed by atoms with Crippen LogP contribution < -0.4 is 15.1 Å². The Morgan fingerprint density at radius 2 is 1.50 bits per heavy atom. The molecule has 1 saturated heterocycles. The predicted molar refractivity (Wildman–Crippen MR) is 117 cm³/mol. The number of hydrogen-bond acceptors (Lipinski definition) is 5. The summed E-state index contributed by atoms with van der Waals surface area (Å²) in [5.74, 6) is 1.65. The average molecular weight is 374 g/mol. The van der Waals surface area contributed by atoms with Crippen LogP contribution in [0.15, 0.2) is 54.6 Å². The fourth-order valence-electron chi connectivity index (χ4n) is 3.61. The van der Waals surface area contributed by atoms with Crippen LogP contribution in [0.5, 0.6) is 0 Å². The van der Waals surface area contributed by atoms with Gasteiger partial charge in [-0.2, -0.15) is 4.98 Å². The van der Waals surface area contributed by atoms with Gasteiger partial charge in [0.25, 0.3) is 0 Å². The quantitative estimate of drug-likeness (QED) is 0.731. The molecule has 0 amide bonds. The van der Waals surface area contributed by atoms with Gasteiger partial charge in [0, 0.05) is 49.3 Å². The van der Waals surface area contributed by atoms with Gasteiger partial charge >= 0.3 is 0 Å². The Balaban J connectivity index is 1.49. The highest BCUT2D eigenvalue weighted by molar-refractivity contribution is 5.61. The minimum Gasteiger partial charge on any atom is -0.368 e. The van der Waals surface area contributed by atoms with E-state index in [9.17, 15) is 0 Å². The molecular formula is C23H27N5. The molecule has 1 aromatic heterocycles. The Morgan fingerprint density at radius 3 is 2.25 bits per heavy atom. The highest BCUT2D eigenvalue weighted by atomic mass is 15.3. The Morgan fingerprint density at radius 1 is 0.786 bits per heavy atom. The number of rotatable bonds is 4. The fourth-order valence-corrected chi connectivity index (χ4v) is 3.61. The molecule has 2 heterocycles. The minimum absolute atomic E-state index is 0.661. The second-order valence-electron chi connectivity index (χ2n) is 7.37. The van der Waals surface area contributed by atoms with E-state index < -0.39 is 0 Å². The lowest BCUT2D eigenvalue weighted by Crippen LogP contribution is -2.46. The van der Waals surface area contributed by atoms with Gasteiger partial charge in [0.2, 0.25) is 5.95 Å². The van der Waals surface area contributed by atoms with E-state index in [1.807, 2.05) is 6.92 Å². The zero-order valence-electron chi connectivity index (χ0n) is 16.8. The number of para-hydroxylation sites is 1.